The number of carbonyl (C=O) groups is 2. The van der Waals surface area contributed by atoms with Crippen LogP contribution in [-0.2, 0) is 19.1 Å². The van der Waals surface area contributed by atoms with Gasteiger partial charge in [0, 0.05) is 0 Å². The Hall–Kier alpha value is -4.18. The lowest BCUT2D eigenvalue weighted by molar-refractivity contribution is -0.143. The van der Waals surface area contributed by atoms with Gasteiger partial charge in [0.25, 0.3) is 5.56 Å². The molecule has 3 aromatic rings. The van der Waals surface area contributed by atoms with Crippen molar-refractivity contribution < 1.29 is 28.5 Å². The number of fused-ring (bicyclic) bond motifs is 1. The van der Waals surface area contributed by atoms with Crippen molar-refractivity contribution in [2.45, 2.75) is 19.9 Å². The van der Waals surface area contributed by atoms with Crippen LogP contribution in [0.4, 0.5) is 0 Å². The summed E-state index contributed by atoms with van der Waals surface area (Å²) in [6.45, 7) is 3.70. The molecule has 4 rings (SSSR count). The van der Waals surface area contributed by atoms with Crippen molar-refractivity contribution in [2.75, 3.05) is 27.4 Å². The van der Waals surface area contributed by atoms with Crippen LogP contribution in [0.15, 0.2) is 69.6 Å². The van der Waals surface area contributed by atoms with Gasteiger partial charge in [0.2, 0.25) is 0 Å². The molecule has 10 heteroatoms. The molecule has 9 nitrogen and oxygen atoms in total. The van der Waals surface area contributed by atoms with Crippen molar-refractivity contribution >= 4 is 29.4 Å². The van der Waals surface area contributed by atoms with Crippen LogP contribution in [0.2, 0.25) is 0 Å². The second-order valence-corrected chi connectivity index (χ2v) is 9.00. The molecule has 192 valence electrons. The van der Waals surface area contributed by atoms with Crippen LogP contribution in [0.3, 0.4) is 0 Å². The standard InChI is InChI=1S/C27H26N2O7S/c1-5-35-20-13-17(11-12-19(20)36-15-22(30)33-3)14-21-25(31)29-24(18-9-7-6-8-10-18)23(26(32)34-4)16(2)28-27(29)37-21/h6-14,24H,5,15H2,1-4H3. The molecular weight excluding hydrogens is 496 g/mol. The molecule has 2 aromatic carbocycles. The summed E-state index contributed by atoms with van der Waals surface area (Å²) in [5, 5.41) is 0. The molecule has 0 fully saturated rings. The van der Waals surface area contributed by atoms with Crippen molar-refractivity contribution in [3.63, 3.8) is 0 Å². The van der Waals surface area contributed by atoms with Crippen LogP contribution < -0.4 is 24.4 Å². The van der Waals surface area contributed by atoms with Crippen LogP contribution in [0.5, 0.6) is 11.5 Å². The van der Waals surface area contributed by atoms with Crippen molar-refractivity contribution in [1.82, 2.24) is 4.57 Å². The highest BCUT2D eigenvalue weighted by molar-refractivity contribution is 7.07. The summed E-state index contributed by atoms with van der Waals surface area (Å²) in [5.41, 5.74) is 2.00. The van der Waals surface area contributed by atoms with E-state index in [4.69, 9.17) is 14.2 Å². The number of thiazole rings is 1. The van der Waals surface area contributed by atoms with Gasteiger partial charge < -0.3 is 18.9 Å². The maximum Gasteiger partial charge on any atom is 0.343 e. The quantitative estimate of drug-likeness (QED) is 0.418. The molecule has 0 spiro atoms. The van der Waals surface area contributed by atoms with Gasteiger partial charge in [-0.05, 0) is 43.2 Å². The Morgan fingerprint density at radius 2 is 1.81 bits per heavy atom. The third-order valence-corrected chi connectivity index (χ3v) is 6.66. The first-order valence-corrected chi connectivity index (χ1v) is 12.3. The summed E-state index contributed by atoms with van der Waals surface area (Å²) < 4.78 is 22.8. The third kappa shape index (κ3) is 5.34. The first kappa shape index (κ1) is 25.9. The average Bonchev–Trinajstić information content (AvgIpc) is 3.21. The zero-order valence-electron chi connectivity index (χ0n) is 20.8. The fourth-order valence-electron chi connectivity index (χ4n) is 3.99. The van der Waals surface area contributed by atoms with Crippen LogP contribution in [0.25, 0.3) is 6.08 Å². The lowest BCUT2D eigenvalue weighted by atomic mass is 9.96. The van der Waals surface area contributed by atoms with Crippen LogP contribution in [0.1, 0.15) is 31.0 Å². The number of allylic oxidation sites excluding steroid dienone is 1. The number of benzene rings is 2. The van der Waals surface area contributed by atoms with Gasteiger partial charge in [0.15, 0.2) is 22.9 Å². The summed E-state index contributed by atoms with van der Waals surface area (Å²) in [4.78, 5) is 42.9. The normalized spacial score (nSPS) is 15.0. The molecule has 0 saturated carbocycles. The molecule has 0 aliphatic carbocycles. The second-order valence-electron chi connectivity index (χ2n) is 7.99. The molecule has 1 unspecified atom stereocenters. The van der Waals surface area contributed by atoms with Crippen molar-refractivity contribution in [1.29, 1.82) is 0 Å². The van der Waals surface area contributed by atoms with Gasteiger partial charge >= 0.3 is 11.9 Å². The van der Waals surface area contributed by atoms with E-state index in [1.807, 2.05) is 37.3 Å². The number of ether oxygens (including phenoxy) is 4. The van der Waals surface area contributed by atoms with E-state index in [1.54, 1.807) is 31.2 Å². The largest absolute Gasteiger partial charge is 0.490 e. The Morgan fingerprint density at radius 3 is 2.49 bits per heavy atom. The number of methoxy groups -OCH3 is 2. The lowest BCUT2D eigenvalue weighted by Crippen LogP contribution is -2.39. The van der Waals surface area contributed by atoms with Gasteiger partial charge in [-0.2, -0.15) is 0 Å². The van der Waals surface area contributed by atoms with Crippen molar-refractivity contribution in [2.24, 2.45) is 4.99 Å². The van der Waals surface area contributed by atoms with E-state index >= 15 is 0 Å². The van der Waals surface area contributed by atoms with Gasteiger partial charge in [-0.3, -0.25) is 9.36 Å². The highest BCUT2D eigenvalue weighted by atomic mass is 32.1. The molecule has 37 heavy (non-hydrogen) atoms. The maximum absolute atomic E-state index is 13.7. The van der Waals surface area contributed by atoms with E-state index in [1.165, 1.54) is 30.1 Å². The molecule has 0 saturated heterocycles. The summed E-state index contributed by atoms with van der Waals surface area (Å²) >= 11 is 1.23. The Kier molecular flexibility index (Phi) is 7.88. The van der Waals surface area contributed by atoms with Gasteiger partial charge in [0.1, 0.15) is 0 Å². The highest BCUT2D eigenvalue weighted by Crippen LogP contribution is 2.31. The Bertz CT molecular complexity index is 1540. The molecule has 0 N–H and O–H groups in total. The zero-order chi connectivity index (χ0) is 26.5. The molecule has 0 radical (unpaired) electrons. The van der Waals surface area contributed by atoms with E-state index in [9.17, 15) is 14.4 Å². The van der Waals surface area contributed by atoms with E-state index in [0.29, 0.717) is 44.3 Å². The minimum atomic E-state index is -0.667. The Labute approximate surface area is 216 Å². The fraction of sp³-hybridized carbons (Fsp3) is 0.259. The summed E-state index contributed by atoms with van der Waals surface area (Å²) in [7, 11) is 2.59. The summed E-state index contributed by atoms with van der Waals surface area (Å²) in [5.74, 6) is -0.234. The first-order valence-electron chi connectivity index (χ1n) is 11.5. The van der Waals surface area contributed by atoms with E-state index in [-0.39, 0.29) is 12.2 Å². The van der Waals surface area contributed by atoms with Gasteiger partial charge in [-0.1, -0.05) is 47.7 Å². The smallest absolute Gasteiger partial charge is 0.343 e. The number of carbonyl (C=O) groups excluding carboxylic acids is 2. The molecule has 1 atom stereocenters. The summed E-state index contributed by atoms with van der Waals surface area (Å²) in [6.07, 6.45) is 1.73. The molecule has 1 aromatic heterocycles. The molecule has 0 amide bonds. The molecule has 1 aliphatic heterocycles. The summed E-state index contributed by atoms with van der Waals surface area (Å²) in [6, 6.07) is 13.8. The number of nitrogens with zero attached hydrogens (tertiary/aromatic N) is 2. The Morgan fingerprint density at radius 1 is 1.05 bits per heavy atom. The Balaban J connectivity index is 1.81. The van der Waals surface area contributed by atoms with Crippen LogP contribution in [0, 0.1) is 0 Å². The fourth-order valence-corrected chi connectivity index (χ4v) is 5.04. The van der Waals surface area contributed by atoms with Crippen molar-refractivity contribution in [3.05, 3.63) is 90.6 Å². The molecule has 0 bridgehead atoms. The lowest BCUT2D eigenvalue weighted by Gasteiger charge is -2.24. The minimum Gasteiger partial charge on any atom is -0.490 e. The number of esters is 2. The number of hydrogen-bond donors (Lipinski definition) is 0. The highest BCUT2D eigenvalue weighted by Gasteiger charge is 2.32. The van der Waals surface area contributed by atoms with E-state index in [2.05, 4.69) is 9.73 Å². The first-order chi connectivity index (χ1) is 17.9. The minimum absolute atomic E-state index is 0.254. The van der Waals surface area contributed by atoms with Crippen LogP contribution in [-0.4, -0.2) is 43.9 Å². The zero-order valence-corrected chi connectivity index (χ0v) is 21.7. The monoisotopic (exact) mass is 522 g/mol. The molecular formula is C27H26N2O7S. The molecule has 1 aliphatic rings. The molecule has 2 heterocycles. The third-order valence-electron chi connectivity index (χ3n) is 5.68. The van der Waals surface area contributed by atoms with Gasteiger partial charge in [0.05, 0.1) is 42.7 Å². The predicted octanol–water partition coefficient (Wildman–Crippen LogP) is 2.36. The maximum atomic E-state index is 13.7. The second kappa shape index (κ2) is 11.3. The van der Waals surface area contributed by atoms with Gasteiger partial charge in [-0.15, -0.1) is 0 Å². The van der Waals surface area contributed by atoms with E-state index < -0.39 is 18.0 Å². The van der Waals surface area contributed by atoms with Crippen molar-refractivity contribution in [3.8, 4) is 11.5 Å². The van der Waals surface area contributed by atoms with Gasteiger partial charge in [-0.25, -0.2) is 14.6 Å². The number of aromatic nitrogens is 1. The average molecular weight is 523 g/mol. The topological polar surface area (TPSA) is 105 Å². The SMILES string of the molecule is CCOc1cc(C=c2sc3n(c2=O)C(c2ccccc2)C(C(=O)OC)=C(C)N=3)ccc1OCC(=O)OC. The van der Waals surface area contributed by atoms with E-state index in [0.717, 1.165) is 5.56 Å². The predicted molar refractivity (Wildman–Crippen MR) is 137 cm³/mol. The number of rotatable bonds is 8. The van der Waals surface area contributed by atoms with Crippen LogP contribution >= 0.6 is 11.3 Å². The number of hydrogen-bond acceptors (Lipinski definition) is 9.